The average Bonchev–Trinajstić information content (AvgIpc) is 2.20. The predicted octanol–water partition coefficient (Wildman–Crippen LogP) is -0.0175. The van der Waals surface area contributed by atoms with Crippen LogP contribution >= 0.6 is 0 Å². The second kappa shape index (κ2) is 5.69. The maximum atomic E-state index is 13.0. The van der Waals surface area contributed by atoms with Crippen molar-refractivity contribution in [1.29, 1.82) is 0 Å². The number of rotatable bonds is 5. The van der Waals surface area contributed by atoms with E-state index in [1.165, 1.54) is 6.07 Å². The van der Waals surface area contributed by atoms with Crippen LogP contribution in [0.15, 0.2) is 29.4 Å². The van der Waals surface area contributed by atoms with Gasteiger partial charge in [-0.3, -0.25) is 0 Å². The smallest absolute Gasteiger partial charge is 0.208 e. The van der Waals surface area contributed by atoms with Crippen LogP contribution in [0.3, 0.4) is 0 Å². The van der Waals surface area contributed by atoms with Crippen LogP contribution in [0.1, 0.15) is 0 Å². The summed E-state index contributed by atoms with van der Waals surface area (Å²) in [4.78, 5) is 0. The summed E-state index contributed by atoms with van der Waals surface area (Å²) in [6, 6.07) is 6.18. The van der Waals surface area contributed by atoms with Crippen LogP contribution in [0, 0.1) is 5.82 Å². The van der Waals surface area contributed by atoms with Gasteiger partial charge in [0.25, 0.3) is 0 Å². The third-order valence-electron chi connectivity index (χ3n) is 1.52. The Labute approximate surface area is 86.9 Å². The summed E-state index contributed by atoms with van der Waals surface area (Å²) < 4.78 is 18.1. The molecule has 6 heteroatoms. The van der Waals surface area contributed by atoms with E-state index in [0.29, 0.717) is 6.54 Å². The highest BCUT2D eigenvalue weighted by molar-refractivity contribution is 5.75. The number of hydrazone groups is 1. The molecule has 5 N–H and O–H groups in total. The van der Waals surface area contributed by atoms with Gasteiger partial charge >= 0.3 is 0 Å². The molecule has 0 spiro atoms. The molecule has 0 saturated heterocycles. The number of halogens is 1. The van der Waals surface area contributed by atoms with Gasteiger partial charge in [-0.15, -0.1) is 5.10 Å². The van der Waals surface area contributed by atoms with Crippen molar-refractivity contribution in [2.75, 3.05) is 13.2 Å². The number of nitrogens with two attached hydrogens (primary N) is 2. The second-order valence-electron chi connectivity index (χ2n) is 2.72. The van der Waals surface area contributed by atoms with Crippen molar-refractivity contribution in [3.05, 3.63) is 30.1 Å². The molecule has 0 unspecified atom stereocenters. The summed E-state index contributed by atoms with van der Waals surface area (Å²) in [5, 5.41) is 3.53. The van der Waals surface area contributed by atoms with Crippen LogP contribution < -0.4 is 21.6 Å². The zero-order chi connectivity index (χ0) is 11.1. The molecule has 0 heterocycles. The minimum atomic E-state index is -0.389. The molecule has 1 rings (SSSR count). The van der Waals surface area contributed by atoms with Crippen LogP contribution in [-0.4, -0.2) is 19.1 Å². The van der Waals surface area contributed by atoms with Crippen LogP contribution in [0.4, 0.5) is 4.39 Å². The van der Waals surface area contributed by atoms with E-state index >= 15 is 0 Å². The standard InChI is InChI=1S/C9H13FN4O/c10-7-3-1-2-4-8(7)15-6-5-13-14-9(11)12/h1-4,13H,5-6H2,(H4,11,12,14). The zero-order valence-corrected chi connectivity index (χ0v) is 8.11. The number of para-hydroxylation sites is 1. The zero-order valence-electron chi connectivity index (χ0n) is 8.11. The summed E-state index contributed by atoms with van der Waals surface area (Å²) >= 11 is 0. The Morgan fingerprint density at radius 2 is 2.13 bits per heavy atom. The molecular weight excluding hydrogens is 199 g/mol. The van der Waals surface area contributed by atoms with Crippen LogP contribution in [0.25, 0.3) is 0 Å². The molecule has 0 aliphatic heterocycles. The summed E-state index contributed by atoms with van der Waals surface area (Å²) in [7, 11) is 0. The van der Waals surface area contributed by atoms with Crippen molar-refractivity contribution >= 4 is 5.96 Å². The third-order valence-corrected chi connectivity index (χ3v) is 1.52. The van der Waals surface area contributed by atoms with Crippen LogP contribution in [0.5, 0.6) is 5.75 Å². The lowest BCUT2D eigenvalue weighted by molar-refractivity contribution is 0.300. The van der Waals surface area contributed by atoms with E-state index in [2.05, 4.69) is 10.5 Å². The van der Waals surface area contributed by atoms with Gasteiger partial charge in [0.2, 0.25) is 5.96 Å². The average molecular weight is 212 g/mol. The van der Waals surface area contributed by atoms with Crippen molar-refractivity contribution in [3.8, 4) is 5.75 Å². The molecule has 1 aromatic rings. The molecule has 0 amide bonds. The number of nitrogens with one attached hydrogen (secondary N) is 1. The van der Waals surface area contributed by atoms with E-state index in [-0.39, 0.29) is 24.1 Å². The topological polar surface area (TPSA) is 85.7 Å². The van der Waals surface area contributed by atoms with E-state index in [1.807, 2.05) is 0 Å². The van der Waals surface area contributed by atoms with Crippen molar-refractivity contribution in [3.63, 3.8) is 0 Å². The Hall–Kier alpha value is -1.98. The second-order valence-corrected chi connectivity index (χ2v) is 2.72. The number of benzene rings is 1. The van der Waals surface area contributed by atoms with E-state index in [9.17, 15) is 4.39 Å². The lowest BCUT2D eigenvalue weighted by Crippen LogP contribution is -2.27. The van der Waals surface area contributed by atoms with E-state index in [1.54, 1.807) is 18.2 Å². The molecule has 0 aliphatic rings. The minimum absolute atomic E-state index is 0.0547. The predicted molar refractivity (Wildman–Crippen MR) is 55.7 cm³/mol. The number of guanidine groups is 1. The molecule has 0 saturated carbocycles. The van der Waals surface area contributed by atoms with Crippen molar-refractivity contribution in [1.82, 2.24) is 5.43 Å². The molecule has 0 bridgehead atoms. The van der Waals surface area contributed by atoms with Gasteiger partial charge in [0.15, 0.2) is 11.6 Å². The quantitative estimate of drug-likeness (QED) is 0.277. The first-order valence-electron chi connectivity index (χ1n) is 4.39. The molecule has 5 nitrogen and oxygen atoms in total. The molecule has 0 atom stereocenters. The Morgan fingerprint density at radius 3 is 2.80 bits per heavy atom. The van der Waals surface area contributed by atoms with E-state index in [4.69, 9.17) is 16.2 Å². The van der Waals surface area contributed by atoms with Gasteiger partial charge < -0.3 is 21.6 Å². The normalized spacial score (nSPS) is 9.40. The molecule has 0 aromatic heterocycles. The van der Waals surface area contributed by atoms with Crippen LogP contribution in [-0.2, 0) is 0 Å². The molecule has 1 aromatic carbocycles. The summed E-state index contributed by atoms with van der Waals surface area (Å²) in [6.45, 7) is 0.671. The molecule has 0 aliphatic carbocycles. The fourth-order valence-electron chi connectivity index (χ4n) is 0.916. The largest absolute Gasteiger partial charge is 0.489 e. The number of hydrogen-bond donors (Lipinski definition) is 3. The van der Waals surface area contributed by atoms with E-state index in [0.717, 1.165) is 0 Å². The number of hydrogen-bond acceptors (Lipinski definition) is 3. The SMILES string of the molecule is NC(N)=NNCCOc1ccccc1F. The monoisotopic (exact) mass is 212 g/mol. The Morgan fingerprint density at radius 1 is 1.40 bits per heavy atom. The first kappa shape index (κ1) is 11.1. The van der Waals surface area contributed by atoms with Gasteiger partial charge in [0.1, 0.15) is 6.61 Å². The van der Waals surface area contributed by atoms with Crippen molar-refractivity contribution < 1.29 is 9.13 Å². The molecular formula is C9H13FN4O. The fraction of sp³-hybridized carbons (Fsp3) is 0.222. The summed E-state index contributed by atoms with van der Waals surface area (Å²) in [5.74, 6) is -0.232. The van der Waals surface area contributed by atoms with Gasteiger partial charge in [0, 0.05) is 0 Å². The van der Waals surface area contributed by atoms with Crippen LogP contribution in [0.2, 0.25) is 0 Å². The highest BCUT2D eigenvalue weighted by atomic mass is 19.1. The lowest BCUT2D eigenvalue weighted by atomic mass is 10.3. The third kappa shape index (κ3) is 4.17. The Kier molecular flexibility index (Phi) is 4.21. The molecule has 82 valence electrons. The van der Waals surface area contributed by atoms with E-state index < -0.39 is 0 Å². The maximum Gasteiger partial charge on any atom is 0.208 e. The number of ether oxygens (including phenoxy) is 1. The van der Waals surface area contributed by atoms with Gasteiger partial charge in [-0.05, 0) is 12.1 Å². The molecule has 0 fully saturated rings. The molecule has 0 radical (unpaired) electrons. The first-order chi connectivity index (χ1) is 7.20. The highest BCUT2D eigenvalue weighted by Gasteiger charge is 1.99. The minimum Gasteiger partial charge on any atom is -0.489 e. The highest BCUT2D eigenvalue weighted by Crippen LogP contribution is 2.14. The Bertz CT molecular complexity index is 339. The van der Waals surface area contributed by atoms with Crippen molar-refractivity contribution in [2.24, 2.45) is 16.6 Å². The lowest BCUT2D eigenvalue weighted by Gasteiger charge is -2.06. The van der Waals surface area contributed by atoms with Gasteiger partial charge in [-0.2, -0.15) is 0 Å². The fourth-order valence-corrected chi connectivity index (χ4v) is 0.916. The summed E-state index contributed by atoms with van der Waals surface area (Å²) in [5.41, 5.74) is 12.7. The maximum absolute atomic E-state index is 13.0. The summed E-state index contributed by atoms with van der Waals surface area (Å²) in [6.07, 6.45) is 0. The van der Waals surface area contributed by atoms with Gasteiger partial charge in [0.05, 0.1) is 6.54 Å². The van der Waals surface area contributed by atoms with Gasteiger partial charge in [-0.1, -0.05) is 12.1 Å². The first-order valence-corrected chi connectivity index (χ1v) is 4.39. The molecule has 15 heavy (non-hydrogen) atoms. The van der Waals surface area contributed by atoms with Crippen molar-refractivity contribution in [2.45, 2.75) is 0 Å². The Balaban J connectivity index is 2.26. The number of nitrogens with zero attached hydrogens (tertiary/aromatic N) is 1. The van der Waals surface area contributed by atoms with Gasteiger partial charge in [-0.25, -0.2) is 4.39 Å².